The summed E-state index contributed by atoms with van der Waals surface area (Å²) in [7, 11) is 3.18. The maximum absolute atomic E-state index is 13.0. The smallest absolute Gasteiger partial charge is 0.275 e. The Hall–Kier alpha value is -3.92. The molecule has 0 aliphatic carbocycles. The second kappa shape index (κ2) is 8.91. The number of para-hydroxylation sites is 1. The Kier molecular flexibility index (Phi) is 5.66. The highest BCUT2D eigenvalue weighted by Crippen LogP contribution is 2.31. The van der Waals surface area contributed by atoms with Crippen LogP contribution in [0.25, 0.3) is 22.3 Å². The first-order chi connectivity index (χ1) is 16.2. The molecule has 1 saturated heterocycles. The first-order valence-electron chi connectivity index (χ1n) is 10.7. The minimum atomic E-state index is -0.0550. The molecule has 0 bridgehead atoms. The molecule has 0 atom stereocenters. The second-order valence-electron chi connectivity index (χ2n) is 7.77. The number of nitrogens with one attached hydrogen (secondary N) is 1. The van der Waals surface area contributed by atoms with Crippen LogP contribution in [0.15, 0.2) is 47.0 Å². The predicted molar refractivity (Wildman–Crippen MR) is 120 cm³/mol. The molecule has 1 amide bonds. The fraction of sp³-hybridized carbons (Fsp3) is 0.304. The Bertz CT molecular complexity index is 1270. The monoisotopic (exact) mass is 448 g/mol. The number of aromatic amines is 1. The lowest BCUT2D eigenvalue weighted by molar-refractivity contribution is 0.0611. The Morgan fingerprint density at radius 2 is 1.85 bits per heavy atom. The molecule has 4 aromatic rings. The molecule has 5 rings (SSSR count). The van der Waals surface area contributed by atoms with Crippen molar-refractivity contribution in [2.24, 2.45) is 0 Å². The summed E-state index contributed by atoms with van der Waals surface area (Å²) in [5.74, 6) is 2.20. The van der Waals surface area contributed by atoms with Crippen molar-refractivity contribution >= 4 is 16.8 Å². The molecule has 0 saturated carbocycles. The second-order valence-corrected chi connectivity index (χ2v) is 7.77. The van der Waals surface area contributed by atoms with Gasteiger partial charge in [-0.3, -0.25) is 14.8 Å². The minimum Gasteiger partial charge on any atom is -0.493 e. The van der Waals surface area contributed by atoms with Gasteiger partial charge in [0.2, 0.25) is 11.7 Å². The summed E-state index contributed by atoms with van der Waals surface area (Å²) in [4.78, 5) is 21.5. The number of amides is 1. The van der Waals surface area contributed by atoms with Gasteiger partial charge in [-0.2, -0.15) is 10.1 Å². The number of piperazine rings is 1. The van der Waals surface area contributed by atoms with Crippen molar-refractivity contribution in [3.8, 4) is 22.9 Å². The average molecular weight is 448 g/mol. The fourth-order valence-electron chi connectivity index (χ4n) is 3.99. The predicted octanol–water partition coefficient (Wildman–Crippen LogP) is 2.59. The molecule has 1 aliphatic heterocycles. The maximum atomic E-state index is 13.0. The van der Waals surface area contributed by atoms with E-state index in [0.29, 0.717) is 61.6 Å². The van der Waals surface area contributed by atoms with Crippen LogP contribution in [-0.2, 0) is 6.54 Å². The van der Waals surface area contributed by atoms with Crippen LogP contribution < -0.4 is 9.47 Å². The molecule has 2 aromatic carbocycles. The van der Waals surface area contributed by atoms with Crippen LogP contribution in [0.4, 0.5) is 0 Å². The van der Waals surface area contributed by atoms with Gasteiger partial charge >= 0.3 is 0 Å². The number of rotatable bonds is 6. The van der Waals surface area contributed by atoms with Gasteiger partial charge in [-0.1, -0.05) is 23.4 Å². The highest BCUT2D eigenvalue weighted by atomic mass is 16.5. The van der Waals surface area contributed by atoms with Gasteiger partial charge in [0.25, 0.3) is 5.91 Å². The molecule has 1 aliphatic rings. The number of ether oxygens (including phenoxy) is 2. The van der Waals surface area contributed by atoms with Gasteiger partial charge in [-0.15, -0.1) is 0 Å². The average Bonchev–Trinajstić information content (AvgIpc) is 3.51. The summed E-state index contributed by atoms with van der Waals surface area (Å²) in [6, 6.07) is 13.1. The third kappa shape index (κ3) is 4.12. The zero-order valence-electron chi connectivity index (χ0n) is 18.4. The first kappa shape index (κ1) is 21.0. The van der Waals surface area contributed by atoms with E-state index < -0.39 is 0 Å². The lowest BCUT2D eigenvalue weighted by Gasteiger charge is -2.33. The van der Waals surface area contributed by atoms with Crippen molar-refractivity contribution in [1.29, 1.82) is 0 Å². The number of hydrogen-bond donors (Lipinski definition) is 1. The zero-order chi connectivity index (χ0) is 22.8. The van der Waals surface area contributed by atoms with Gasteiger partial charge < -0.3 is 18.9 Å². The molecule has 1 N–H and O–H groups in total. The van der Waals surface area contributed by atoms with Crippen molar-refractivity contribution in [3.05, 3.63) is 54.0 Å². The first-order valence-corrected chi connectivity index (χ1v) is 10.7. The van der Waals surface area contributed by atoms with Crippen LogP contribution >= 0.6 is 0 Å². The van der Waals surface area contributed by atoms with E-state index in [0.717, 1.165) is 16.5 Å². The van der Waals surface area contributed by atoms with Crippen molar-refractivity contribution in [2.75, 3.05) is 40.4 Å². The molecule has 10 heteroatoms. The summed E-state index contributed by atoms with van der Waals surface area (Å²) in [6.07, 6.45) is 0. The molecular weight excluding hydrogens is 424 g/mol. The van der Waals surface area contributed by atoms with Crippen LogP contribution in [0, 0.1) is 0 Å². The number of H-pyrrole nitrogens is 1. The standard InChI is InChI=1S/C23H24N6O4/c1-31-18-8-7-15(13-19(18)32-2)22-24-20(33-27-22)14-28-9-11-29(12-10-28)23(30)21-16-5-3-4-6-17(16)25-26-21/h3-8,13H,9-12,14H2,1-2H3,(H,25,26). The number of carbonyl (C=O) groups is 1. The third-order valence-corrected chi connectivity index (χ3v) is 5.80. The van der Waals surface area contributed by atoms with Gasteiger partial charge in [0.1, 0.15) is 0 Å². The Morgan fingerprint density at radius 3 is 2.64 bits per heavy atom. The lowest BCUT2D eigenvalue weighted by atomic mass is 10.2. The lowest BCUT2D eigenvalue weighted by Crippen LogP contribution is -2.48. The van der Waals surface area contributed by atoms with E-state index in [-0.39, 0.29) is 5.91 Å². The Morgan fingerprint density at radius 1 is 1.06 bits per heavy atom. The number of nitrogens with zero attached hydrogens (tertiary/aromatic N) is 5. The number of methoxy groups -OCH3 is 2. The summed E-state index contributed by atoms with van der Waals surface area (Å²) < 4.78 is 16.1. The third-order valence-electron chi connectivity index (χ3n) is 5.80. The normalized spacial score (nSPS) is 14.5. The largest absolute Gasteiger partial charge is 0.493 e. The molecular formula is C23H24N6O4. The van der Waals surface area contributed by atoms with Crippen LogP contribution in [0.1, 0.15) is 16.4 Å². The van der Waals surface area contributed by atoms with E-state index in [1.54, 1.807) is 14.2 Å². The molecule has 2 aromatic heterocycles. The topological polar surface area (TPSA) is 110 Å². The van der Waals surface area contributed by atoms with E-state index in [1.165, 1.54) is 0 Å². The number of benzene rings is 2. The highest BCUT2D eigenvalue weighted by Gasteiger charge is 2.26. The quantitative estimate of drug-likeness (QED) is 0.479. The fourth-order valence-corrected chi connectivity index (χ4v) is 3.99. The number of hydrogen-bond acceptors (Lipinski definition) is 8. The zero-order valence-corrected chi connectivity index (χ0v) is 18.4. The van der Waals surface area contributed by atoms with Gasteiger partial charge in [-0.05, 0) is 24.3 Å². The van der Waals surface area contributed by atoms with Gasteiger partial charge in [-0.25, -0.2) is 0 Å². The van der Waals surface area contributed by atoms with Crippen LogP contribution in [-0.4, -0.2) is 76.4 Å². The van der Waals surface area contributed by atoms with Crippen molar-refractivity contribution in [1.82, 2.24) is 30.1 Å². The van der Waals surface area contributed by atoms with Gasteiger partial charge in [0.05, 0.1) is 26.3 Å². The number of fused-ring (bicyclic) bond motifs is 1. The molecule has 0 unspecified atom stereocenters. The summed E-state index contributed by atoms with van der Waals surface area (Å²) >= 11 is 0. The molecule has 0 spiro atoms. The van der Waals surface area contributed by atoms with E-state index in [9.17, 15) is 4.79 Å². The highest BCUT2D eigenvalue weighted by molar-refractivity contribution is 6.04. The molecule has 10 nitrogen and oxygen atoms in total. The molecule has 3 heterocycles. The van der Waals surface area contributed by atoms with Gasteiger partial charge in [0, 0.05) is 37.1 Å². The van der Waals surface area contributed by atoms with Crippen LogP contribution in [0.2, 0.25) is 0 Å². The van der Waals surface area contributed by atoms with E-state index >= 15 is 0 Å². The molecule has 1 fully saturated rings. The number of aromatic nitrogens is 4. The van der Waals surface area contributed by atoms with E-state index in [4.69, 9.17) is 14.0 Å². The Balaban J connectivity index is 1.21. The summed E-state index contributed by atoms with van der Waals surface area (Å²) in [5.41, 5.74) is 2.11. The molecule has 33 heavy (non-hydrogen) atoms. The van der Waals surface area contributed by atoms with Crippen LogP contribution in [0.3, 0.4) is 0 Å². The van der Waals surface area contributed by atoms with Gasteiger partial charge in [0.15, 0.2) is 17.2 Å². The van der Waals surface area contributed by atoms with E-state index in [1.807, 2.05) is 47.4 Å². The van der Waals surface area contributed by atoms with Crippen molar-refractivity contribution in [2.45, 2.75) is 6.54 Å². The summed E-state index contributed by atoms with van der Waals surface area (Å²) in [6.45, 7) is 3.16. The van der Waals surface area contributed by atoms with Crippen LogP contribution in [0.5, 0.6) is 11.5 Å². The van der Waals surface area contributed by atoms with Crippen molar-refractivity contribution in [3.63, 3.8) is 0 Å². The Labute approximate surface area is 190 Å². The minimum absolute atomic E-state index is 0.0550. The van der Waals surface area contributed by atoms with Crippen molar-refractivity contribution < 1.29 is 18.8 Å². The van der Waals surface area contributed by atoms with E-state index in [2.05, 4.69) is 25.2 Å². The SMILES string of the molecule is COc1ccc(-c2noc(CN3CCN(C(=O)c4n[nH]c5ccccc45)CC3)n2)cc1OC. The molecule has 170 valence electrons. The number of carbonyl (C=O) groups excluding carboxylic acids is 1. The summed E-state index contributed by atoms with van der Waals surface area (Å²) in [5, 5.41) is 12.1. The maximum Gasteiger partial charge on any atom is 0.275 e. The molecule has 0 radical (unpaired) electrons.